The van der Waals surface area contributed by atoms with Crippen LogP contribution in [-0.4, -0.2) is 33.2 Å². The van der Waals surface area contributed by atoms with Gasteiger partial charge in [-0.15, -0.1) is 0 Å². The standard InChI is InChI=1S/C13H15N3O5/c1-2-9(13(18)19)14-10(17)3-4-11-15-12(16-21-11)8-5-6-20-7-8/h5-7,9H,2-4H2,1H3,(H,14,17)(H,18,19). The fraction of sp³-hybridized carbons (Fsp3) is 0.385. The number of aromatic nitrogens is 2. The van der Waals surface area contributed by atoms with Gasteiger partial charge in [0.05, 0.1) is 11.8 Å². The molecule has 0 saturated carbocycles. The van der Waals surface area contributed by atoms with Gasteiger partial charge in [-0.3, -0.25) is 4.79 Å². The molecular formula is C13H15N3O5. The normalized spacial score (nSPS) is 12.0. The van der Waals surface area contributed by atoms with Crippen molar-refractivity contribution in [2.75, 3.05) is 0 Å². The Balaban J connectivity index is 1.86. The third-order valence-corrected chi connectivity index (χ3v) is 2.85. The number of carboxylic acids is 1. The van der Waals surface area contributed by atoms with Gasteiger partial charge in [0, 0.05) is 12.8 Å². The molecule has 1 unspecified atom stereocenters. The summed E-state index contributed by atoms with van der Waals surface area (Å²) >= 11 is 0. The maximum absolute atomic E-state index is 11.6. The van der Waals surface area contributed by atoms with Crippen LogP contribution in [0, 0.1) is 0 Å². The van der Waals surface area contributed by atoms with Crippen LogP contribution in [0.3, 0.4) is 0 Å². The summed E-state index contributed by atoms with van der Waals surface area (Å²) in [5.74, 6) is -0.723. The maximum Gasteiger partial charge on any atom is 0.326 e. The van der Waals surface area contributed by atoms with Gasteiger partial charge in [0.2, 0.25) is 17.6 Å². The summed E-state index contributed by atoms with van der Waals surface area (Å²) in [5.41, 5.74) is 0.686. The van der Waals surface area contributed by atoms with Crippen molar-refractivity contribution in [1.82, 2.24) is 15.5 Å². The molecule has 0 bridgehead atoms. The second kappa shape index (κ2) is 6.69. The number of nitrogens with one attached hydrogen (secondary N) is 1. The Morgan fingerprint density at radius 1 is 1.48 bits per heavy atom. The first kappa shape index (κ1) is 14.8. The molecule has 0 aliphatic rings. The van der Waals surface area contributed by atoms with Gasteiger partial charge in [-0.1, -0.05) is 12.1 Å². The first-order chi connectivity index (χ1) is 10.1. The van der Waals surface area contributed by atoms with E-state index in [-0.39, 0.29) is 18.7 Å². The summed E-state index contributed by atoms with van der Waals surface area (Å²) in [5, 5.41) is 15.0. The van der Waals surface area contributed by atoms with E-state index in [1.165, 1.54) is 12.5 Å². The van der Waals surface area contributed by atoms with Crippen LogP contribution in [0.1, 0.15) is 25.7 Å². The largest absolute Gasteiger partial charge is 0.480 e. The number of aryl methyl sites for hydroxylation is 1. The lowest BCUT2D eigenvalue weighted by atomic mass is 10.2. The van der Waals surface area contributed by atoms with Gasteiger partial charge in [0.15, 0.2) is 0 Å². The van der Waals surface area contributed by atoms with E-state index in [1.807, 2.05) is 0 Å². The molecule has 0 aliphatic carbocycles. The number of nitrogens with zero attached hydrogens (tertiary/aromatic N) is 2. The molecule has 0 aliphatic heterocycles. The average Bonchev–Trinajstić information content (AvgIpc) is 3.12. The van der Waals surface area contributed by atoms with Crippen molar-refractivity contribution in [1.29, 1.82) is 0 Å². The van der Waals surface area contributed by atoms with Crippen molar-refractivity contribution in [2.24, 2.45) is 0 Å². The van der Waals surface area contributed by atoms with E-state index >= 15 is 0 Å². The highest BCUT2D eigenvalue weighted by atomic mass is 16.5. The molecule has 1 amide bonds. The van der Waals surface area contributed by atoms with Gasteiger partial charge >= 0.3 is 5.97 Å². The lowest BCUT2D eigenvalue weighted by Crippen LogP contribution is -2.40. The van der Waals surface area contributed by atoms with Crippen LogP contribution in [0.15, 0.2) is 27.5 Å². The van der Waals surface area contributed by atoms with E-state index in [2.05, 4.69) is 15.5 Å². The molecule has 112 valence electrons. The summed E-state index contributed by atoms with van der Waals surface area (Å²) in [7, 11) is 0. The lowest BCUT2D eigenvalue weighted by molar-refractivity contribution is -0.141. The molecule has 2 N–H and O–H groups in total. The molecule has 2 rings (SSSR count). The van der Waals surface area contributed by atoms with Gasteiger partial charge in [-0.2, -0.15) is 4.98 Å². The molecule has 0 spiro atoms. The Morgan fingerprint density at radius 2 is 2.29 bits per heavy atom. The summed E-state index contributed by atoms with van der Waals surface area (Å²) in [4.78, 5) is 26.6. The van der Waals surface area contributed by atoms with Crippen molar-refractivity contribution < 1.29 is 23.6 Å². The number of rotatable bonds is 7. The third kappa shape index (κ3) is 3.91. The molecule has 0 fully saturated rings. The summed E-state index contributed by atoms with van der Waals surface area (Å²) in [6, 6.07) is 0.821. The number of furan rings is 1. The Labute approximate surface area is 120 Å². The fourth-order valence-corrected chi connectivity index (χ4v) is 1.69. The van der Waals surface area contributed by atoms with E-state index < -0.39 is 12.0 Å². The Bertz CT molecular complexity index is 605. The van der Waals surface area contributed by atoms with E-state index in [9.17, 15) is 9.59 Å². The first-order valence-corrected chi connectivity index (χ1v) is 6.47. The number of carbonyl (C=O) groups excluding carboxylic acids is 1. The van der Waals surface area contributed by atoms with Gasteiger partial charge < -0.3 is 19.4 Å². The number of hydrogen-bond donors (Lipinski definition) is 2. The van der Waals surface area contributed by atoms with Crippen LogP contribution in [0.25, 0.3) is 11.4 Å². The van der Waals surface area contributed by atoms with Crippen molar-refractivity contribution in [3.8, 4) is 11.4 Å². The number of hydrogen-bond acceptors (Lipinski definition) is 6. The van der Waals surface area contributed by atoms with Crippen LogP contribution >= 0.6 is 0 Å². The van der Waals surface area contributed by atoms with E-state index in [0.717, 1.165) is 0 Å². The summed E-state index contributed by atoms with van der Waals surface area (Å²) < 4.78 is 9.93. The van der Waals surface area contributed by atoms with Crippen molar-refractivity contribution in [2.45, 2.75) is 32.2 Å². The minimum atomic E-state index is -1.05. The molecule has 1 atom stereocenters. The molecule has 0 aromatic carbocycles. The zero-order valence-electron chi connectivity index (χ0n) is 11.4. The smallest absolute Gasteiger partial charge is 0.326 e. The average molecular weight is 293 g/mol. The summed E-state index contributed by atoms with van der Waals surface area (Å²) in [6.07, 6.45) is 3.63. The molecule has 0 saturated heterocycles. The third-order valence-electron chi connectivity index (χ3n) is 2.85. The highest BCUT2D eigenvalue weighted by Crippen LogP contribution is 2.16. The summed E-state index contributed by atoms with van der Waals surface area (Å²) in [6.45, 7) is 1.69. The maximum atomic E-state index is 11.6. The van der Waals surface area contributed by atoms with Crippen LogP contribution in [0.2, 0.25) is 0 Å². The van der Waals surface area contributed by atoms with Gasteiger partial charge in [-0.05, 0) is 12.5 Å². The molecule has 8 heteroatoms. The SMILES string of the molecule is CCC(NC(=O)CCc1nc(-c2ccoc2)no1)C(=O)O. The molecule has 2 aromatic heterocycles. The van der Waals surface area contributed by atoms with Crippen LogP contribution < -0.4 is 5.32 Å². The van der Waals surface area contributed by atoms with Crippen LogP contribution in [-0.2, 0) is 16.0 Å². The number of carboxylic acid groups (broad SMARTS) is 1. The quantitative estimate of drug-likeness (QED) is 0.788. The molecular weight excluding hydrogens is 278 g/mol. The van der Waals surface area contributed by atoms with Crippen LogP contribution in [0.4, 0.5) is 0 Å². The molecule has 2 aromatic rings. The van der Waals surface area contributed by atoms with E-state index in [0.29, 0.717) is 23.7 Å². The van der Waals surface area contributed by atoms with Crippen molar-refractivity contribution in [3.63, 3.8) is 0 Å². The molecule has 8 nitrogen and oxygen atoms in total. The van der Waals surface area contributed by atoms with Crippen molar-refractivity contribution >= 4 is 11.9 Å². The van der Waals surface area contributed by atoms with E-state index in [4.69, 9.17) is 14.0 Å². The van der Waals surface area contributed by atoms with Gasteiger partial charge in [0.25, 0.3) is 0 Å². The monoisotopic (exact) mass is 293 g/mol. The van der Waals surface area contributed by atoms with Gasteiger partial charge in [0.1, 0.15) is 12.3 Å². The van der Waals surface area contributed by atoms with Crippen LogP contribution in [0.5, 0.6) is 0 Å². The Kier molecular flexibility index (Phi) is 4.70. The minimum Gasteiger partial charge on any atom is -0.480 e. The Hall–Kier alpha value is -2.64. The molecule has 21 heavy (non-hydrogen) atoms. The zero-order valence-corrected chi connectivity index (χ0v) is 11.4. The van der Waals surface area contributed by atoms with Crippen molar-refractivity contribution in [3.05, 3.63) is 24.5 Å². The molecule has 0 radical (unpaired) electrons. The first-order valence-electron chi connectivity index (χ1n) is 6.47. The fourth-order valence-electron chi connectivity index (χ4n) is 1.69. The predicted octanol–water partition coefficient (Wildman–Crippen LogP) is 1.24. The lowest BCUT2D eigenvalue weighted by Gasteiger charge is -2.11. The second-order valence-electron chi connectivity index (χ2n) is 4.39. The molecule has 2 heterocycles. The van der Waals surface area contributed by atoms with Gasteiger partial charge in [-0.25, -0.2) is 4.79 Å². The highest BCUT2D eigenvalue weighted by Gasteiger charge is 2.18. The topological polar surface area (TPSA) is 118 Å². The number of carbonyl (C=O) groups is 2. The predicted molar refractivity (Wildman–Crippen MR) is 70.2 cm³/mol. The number of amides is 1. The minimum absolute atomic E-state index is 0.0802. The second-order valence-corrected chi connectivity index (χ2v) is 4.39. The number of aliphatic carboxylic acids is 1. The Morgan fingerprint density at radius 3 is 2.90 bits per heavy atom. The zero-order chi connectivity index (χ0) is 15.2. The highest BCUT2D eigenvalue weighted by molar-refractivity contribution is 5.83. The van der Waals surface area contributed by atoms with E-state index in [1.54, 1.807) is 13.0 Å².